The van der Waals surface area contributed by atoms with Crippen LogP contribution < -0.4 is 19.0 Å². The van der Waals surface area contributed by atoms with Gasteiger partial charge >= 0.3 is 0 Å². The van der Waals surface area contributed by atoms with Crippen LogP contribution in [0, 0.1) is 0 Å². The van der Waals surface area contributed by atoms with Gasteiger partial charge in [-0.15, -0.1) is 17.9 Å². The summed E-state index contributed by atoms with van der Waals surface area (Å²) in [5.74, 6) is 1.70. The number of benzene rings is 3. The highest BCUT2D eigenvalue weighted by molar-refractivity contribution is 7.07. The maximum Gasteiger partial charge on any atom is 0.206 e. The first kappa shape index (κ1) is 22.4. The highest BCUT2D eigenvalue weighted by atomic mass is 32.1. The van der Waals surface area contributed by atoms with Gasteiger partial charge < -0.3 is 14.2 Å². The minimum Gasteiger partial charge on any atom is -0.493 e. The molecule has 0 fully saturated rings. The molecule has 0 saturated carbocycles. The van der Waals surface area contributed by atoms with Crippen LogP contribution in [0.3, 0.4) is 0 Å². The summed E-state index contributed by atoms with van der Waals surface area (Å²) in [5.41, 5.74) is 2.76. The maximum atomic E-state index is 5.54. The van der Waals surface area contributed by atoms with E-state index in [2.05, 4.69) is 35.8 Å². The Morgan fingerprint density at radius 3 is 2.39 bits per heavy atom. The second kappa shape index (κ2) is 10.2. The van der Waals surface area contributed by atoms with Crippen molar-refractivity contribution in [2.75, 3.05) is 27.9 Å². The smallest absolute Gasteiger partial charge is 0.206 e. The van der Waals surface area contributed by atoms with E-state index in [1.165, 1.54) is 11.3 Å². The van der Waals surface area contributed by atoms with Crippen LogP contribution in [0.15, 0.2) is 82.7 Å². The summed E-state index contributed by atoms with van der Waals surface area (Å²) < 4.78 is 18.4. The van der Waals surface area contributed by atoms with E-state index in [-0.39, 0.29) is 0 Å². The van der Waals surface area contributed by atoms with Crippen LogP contribution in [0.4, 0.5) is 0 Å². The molecule has 4 aromatic rings. The van der Waals surface area contributed by atoms with Gasteiger partial charge in [0, 0.05) is 16.5 Å². The predicted molar refractivity (Wildman–Crippen MR) is 135 cm³/mol. The summed E-state index contributed by atoms with van der Waals surface area (Å²) in [5, 5.41) is 9.15. The Morgan fingerprint density at radius 2 is 1.70 bits per heavy atom. The lowest BCUT2D eigenvalue weighted by Crippen LogP contribution is -2.12. The summed E-state index contributed by atoms with van der Waals surface area (Å²) in [6, 6.07) is 18.2. The third-order valence-electron chi connectivity index (χ3n) is 5.14. The van der Waals surface area contributed by atoms with Gasteiger partial charge in [-0.3, -0.25) is 4.99 Å². The van der Waals surface area contributed by atoms with E-state index in [0.717, 1.165) is 32.4 Å². The van der Waals surface area contributed by atoms with Gasteiger partial charge in [-0.2, -0.15) is 5.10 Å². The van der Waals surface area contributed by atoms with Crippen molar-refractivity contribution in [1.82, 2.24) is 4.68 Å². The number of fused-ring (bicyclic) bond motifs is 1. The molecule has 0 aliphatic carbocycles. The number of nitrogens with zero attached hydrogens (tertiary/aromatic N) is 3. The zero-order chi connectivity index (χ0) is 23.2. The molecular weight excluding hydrogens is 434 g/mol. The van der Waals surface area contributed by atoms with Crippen molar-refractivity contribution >= 4 is 28.3 Å². The molecule has 33 heavy (non-hydrogen) atoms. The Labute approximate surface area is 196 Å². The summed E-state index contributed by atoms with van der Waals surface area (Å²) in [6.07, 6.45) is 3.63. The molecule has 4 rings (SSSR count). The fraction of sp³-hybridized carbons (Fsp3) is 0.154. The van der Waals surface area contributed by atoms with Gasteiger partial charge in [-0.25, -0.2) is 4.68 Å². The van der Waals surface area contributed by atoms with Crippen molar-refractivity contribution in [2.24, 2.45) is 10.1 Å². The minimum absolute atomic E-state index is 0.499. The number of thiazole rings is 1. The van der Waals surface area contributed by atoms with Gasteiger partial charge in [-0.1, -0.05) is 48.5 Å². The van der Waals surface area contributed by atoms with Crippen molar-refractivity contribution < 1.29 is 14.2 Å². The molecule has 0 aliphatic rings. The first-order chi connectivity index (χ1) is 16.2. The predicted octanol–water partition coefficient (Wildman–Crippen LogP) is 5.36. The van der Waals surface area contributed by atoms with Crippen LogP contribution in [-0.4, -0.2) is 38.8 Å². The average molecular weight is 460 g/mol. The van der Waals surface area contributed by atoms with Crippen molar-refractivity contribution in [3.63, 3.8) is 0 Å². The van der Waals surface area contributed by atoms with Gasteiger partial charge in [0.2, 0.25) is 10.6 Å². The Morgan fingerprint density at radius 1 is 0.970 bits per heavy atom. The summed E-state index contributed by atoms with van der Waals surface area (Å²) >= 11 is 1.51. The molecule has 1 aromatic heterocycles. The quantitative estimate of drug-likeness (QED) is 0.263. The van der Waals surface area contributed by atoms with Crippen LogP contribution in [0.25, 0.3) is 22.0 Å². The zero-order valence-corrected chi connectivity index (χ0v) is 19.6. The summed E-state index contributed by atoms with van der Waals surface area (Å²) in [7, 11) is 4.80. The van der Waals surface area contributed by atoms with Crippen molar-refractivity contribution in [2.45, 2.75) is 0 Å². The number of rotatable bonds is 8. The van der Waals surface area contributed by atoms with Gasteiger partial charge in [0.25, 0.3) is 0 Å². The molecule has 168 valence electrons. The van der Waals surface area contributed by atoms with Gasteiger partial charge in [0.05, 0.1) is 39.8 Å². The largest absolute Gasteiger partial charge is 0.493 e. The van der Waals surface area contributed by atoms with Crippen LogP contribution in [0.1, 0.15) is 5.56 Å². The number of hydrogen-bond donors (Lipinski definition) is 0. The number of ether oxygens (including phenoxy) is 3. The van der Waals surface area contributed by atoms with Gasteiger partial charge in [0.1, 0.15) is 0 Å². The molecule has 0 atom stereocenters. The Kier molecular flexibility index (Phi) is 6.90. The summed E-state index contributed by atoms with van der Waals surface area (Å²) in [4.78, 5) is 5.39. The molecule has 1 heterocycles. The first-order valence-corrected chi connectivity index (χ1v) is 11.2. The van der Waals surface area contributed by atoms with E-state index in [0.29, 0.717) is 23.8 Å². The molecule has 3 aromatic carbocycles. The van der Waals surface area contributed by atoms with Crippen molar-refractivity contribution in [3.05, 3.63) is 83.0 Å². The highest BCUT2D eigenvalue weighted by Gasteiger charge is 2.17. The number of methoxy groups -OCH3 is 3. The molecule has 0 aliphatic heterocycles. The second-order valence-corrected chi connectivity index (χ2v) is 7.91. The zero-order valence-electron chi connectivity index (χ0n) is 18.8. The van der Waals surface area contributed by atoms with Crippen LogP contribution in [0.2, 0.25) is 0 Å². The van der Waals surface area contributed by atoms with E-state index in [9.17, 15) is 0 Å². The molecule has 0 bridgehead atoms. The fourth-order valence-electron chi connectivity index (χ4n) is 3.57. The maximum absolute atomic E-state index is 5.54. The SMILES string of the molecule is C=CCN=c1scc(-c2cc(OC)c(OC)c(OC)c2)n1N=Cc1cccc2ccccc12. The average Bonchev–Trinajstić information content (AvgIpc) is 3.27. The van der Waals surface area contributed by atoms with E-state index in [4.69, 9.17) is 19.3 Å². The molecule has 0 unspecified atom stereocenters. The van der Waals surface area contributed by atoms with E-state index in [1.807, 2.05) is 46.6 Å². The number of aromatic nitrogens is 1. The summed E-state index contributed by atoms with van der Waals surface area (Å²) in [6.45, 7) is 4.28. The number of hydrogen-bond acceptors (Lipinski definition) is 6. The molecule has 0 radical (unpaired) electrons. The molecule has 0 spiro atoms. The lowest BCUT2D eigenvalue weighted by Gasteiger charge is -2.14. The molecule has 6 nitrogen and oxygen atoms in total. The third kappa shape index (κ3) is 4.54. The van der Waals surface area contributed by atoms with Crippen LogP contribution >= 0.6 is 11.3 Å². The van der Waals surface area contributed by atoms with Crippen molar-refractivity contribution in [1.29, 1.82) is 0 Å². The second-order valence-electron chi connectivity index (χ2n) is 7.07. The standard InChI is InChI=1S/C26H25N3O3S/c1-5-13-27-26-29(28-16-19-11-8-10-18-9-6-7-12-21(18)19)22(17-33-26)20-14-23(30-2)25(32-4)24(15-20)31-3/h5-12,14-17H,1,13H2,2-4H3. The Bertz CT molecular complexity index is 1350. The lowest BCUT2D eigenvalue weighted by atomic mass is 10.1. The first-order valence-electron chi connectivity index (χ1n) is 10.3. The molecule has 0 saturated heterocycles. The van der Waals surface area contributed by atoms with E-state index < -0.39 is 0 Å². The normalized spacial score (nSPS) is 11.8. The van der Waals surface area contributed by atoms with Crippen LogP contribution in [0.5, 0.6) is 17.2 Å². The highest BCUT2D eigenvalue weighted by Crippen LogP contribution is 2.41. The fourth-order valence-corrected chi connectivity index (χ4v) is 4.42. The molecule has 0 amide bonds. The Hall–Kier alpha value is -3.84. The van der Waals surface area contributed by atoms with Gasteiger partial charge in [0.15, 0.2) is 11.5 Å². The monoisotopic (exact) mass is 459 g/mol. The Balaban J connectivity index is 1.88. The molecule has 0 N–H and O–H groups in total. The van der Waals surface area contributed by atoms with Crippen LogP contribution in [-0.2, 0) is 0 Å². The topological polar surface area (TPSA) is 57.3 Å². The lowest BCUT2D eigenvalue weighted by molar-refractivity contribution is 0.324. The molecular formula is C26H25N3O3S. The van der Waals surface area contributed by atoms with E-state index >= 15 is 0 Å². The van der Waals surface area contributed by atoms with Gasteiger partial charge in [-0.05, 0) is 22.9 Å². The third-order valence-corrected chi connectivity index (χ3v) is 5.99. The minimum atomic E-state index is 0.499. The van der Waals surface area contributed by atoms with Crippen molar-refractivity contribution in [3.8, 4) is 28.5 Å². The molecule has 7 heteroatoms. The van der Waals surface area contributed by atoms with E-state index in [1.54, 1.807) is 27.4 Å².